The molecular formula is C14H17ClN2O3. The van der Waals surface area contributed by atoms with E-state index >= 15 is 0 Å². The number of alkyl halides is 1. The molecule has 1 aliphatic carbocycles. The van der Waals surface area contributed by atoms with Crippen LogP contribution in [-0.2, 0) is 0 Å². The third kappa shape index (κ3) is 3.93. The molecule has 2 atom stereocenters. The Bertz CT molecular complexity index is 507. The summed E-state index contributed by atoms with van der Waals surface area (Å²) in [4.78, 5) is 22.1. The number of rotatable bonds is 4. The van der Waals surface area contributed by atoms with Gasteiger partial charge >= 0.3 is 0 Å². The average Bonchev–Trinajstić information content (AvgIpc) is 2.45. The SMILES string of the molecule is O=C(NCC1CCCC(Cl)C1)c1cccc([N+](=O)[O-])c1. The maximum Gasteiger partial charge on any atom is 0.270 e. The molecule has 0 heterocycles. The highest BCUT2D eigenvalue weighted by atomic mass is 35.5. The summed E-state index contributed by atoms with van der Waals surface area (Å²) in [6.45, 7) is 0.574. The van der Waals surface area contributed by atoms with Crippen molar-refractivity contribution in [3.63, 3.8) is 0 Å². The van der Waals surface area contributed by atoms with Crippen LogP contribution in [0.25, 0.3) is 0 Å². The zero-order valence-electron chi connectivity index (χ0n) is 11.0. The van der Waals surface area contributed by atoms with Gasteiger partial charge in [-0.3, -0.25) is 14.9 Å². The van der Waals surface area contributed by atoms with E-state index < -0.39 is 4.92 Å². The van der Waals surface area contributed by atoms with E-state index in [0.717, 1.165) is 25.7 Å². The quantitative estimate of drug-likeness (QED) is 0.527. The van der Waals surface area contributed by atoms with Gasteiger partial charge < -0.3 is 5.32 Å². The molecular weight excluding hydrogens is 280 g/mol. The van der Waals surface area contributed by atoms with Crippen molar-refractivity contribution in [2.45, 2.75) is 31.1 Å². The second-order valence-electron chi connectivity index (χ2n) is 5.15. The van der Waals surface area contributed by atoms with Crippen LogP contribution in [0.1, 0.15) is 36.0 Å². The second kappa shape index (κ2) is 6.70. The van der Waals surface area contributed by atoms with Gasteiger partial charge in [-0.2, -0.15) is 0 Å². The lowest BCUT2D eigenvalue weighted by atomic mass is 9.89. The van der Waals surface area contributed by atoms with Gasteiger partial charge in [-0.25, -0.2) is 0 Å². The fourth-order valence-electron chi connectivity index (χ4n) is 2.51. The Labute approximate surface area is 122 Å². The molecule has 0 aromatic heterocycles. The van der Waals surface area contributed by atoms with Crippen LogP contribution < -0.4 is 5.32 Å². The average molecular weight is 297 g/mol. The van der Waals surface area contributed by atoms with Crippen LogP contribution in [0.5, 0.6) is 0 Å². The maximum atomic E-state index is 12.0. The van der Waals surface area contributed by atoms with Crippen LogP contribution in [0.2, 0.25) is 0 Å². The van der Waals surface area contributed by atoms with Gasteiger partial charge in [0.2, 0.25) is 0 Å². The first kappa shape index (κ1) is 14.8. The largest absolute Gasteiger partial charge is 0.352 e. The van der Waals surface area contributed by atoms with E-state index in [1.165, 1.54) is 18.2 Å². The van der Waals surface area contributed by atoms with Gasteiger partial charge in [0.05, 0.1) is 4.92 Å². The van der Waals surface area contributed by atoms with Crippen LogP contribution in [0.4, 0.5) is 5.69 Å². The number of carbonyl (C=O) groups is 1. The molecule has 1 amide bonds. The number of non-ortho nitro benzene ring substituents is 1. The summed E-state index contributed by atoms with van der Waals surface area (Å²) in [5.41, 5.74) is 0.244. The van der Waals surface area contributed by atoms with Crippen molar-refractivity contribution in [1.82, 2.24) is 5.32 Å². The third-order valence-corrected chi connectivity index (χ3v) is 3.99. The Balaban J connectivity index is 1.91. The van der Waals surface area contributed by atoms with Gasteiger partial charge in [0.15, 0.2) is 0 Å². The predicted octanol–water partition coefficient (Wildman–Crippen LogP) is 3.12. The zero-order chi connectivity index (χ0) is 14.5. The van der Waals surface area contributed by atoms with Crippen molar-refractivity contribution < 1.29 is 9.72 Å². The monoisotopic (exact) mass is 296 g/mol. The highest BCUT2D eigenvalue weighted by Crippen LogP contribution is 2.27. The van der Waals surface area contributed by atoms with E-state index in [1.807, 2.05) is 0 Å². The summed E-state index contributed by atoms with van der Waals surface area (Å²) in [6, 6.07) is 5.76. The number of halogens is 1. The highest BCUT2D eigenvalue weighted by molar-refractivity contribution is 6.20. The van der Waals surface area contributed by atoms with Gasteiger partial charge in [0.1, 0.15) is 0 Å². The molecule has 1 aliphatic rings. The molecule has 1 aromatic rings. The van der Waals surface area contributed by atoms with E-state index in [1.54, 1.807) is 6.07 Å². The van der Waals surface area contributed by atoms with Crippen molar-refractivity contribution in [2.24, 2.45) is 5.92 Å². The van der Waals surface area contributed by atoms with Crippen molar-refractivity contribution in [2.75, 3.05) is 6.54 Å². The Morgan fingerprint density at radius 3 is 2.95 bits per heavy atom. The summed E-state index contributed by atoms with van der Waals surface area (Å²) in [7, 11) is 0. The fraction of sp³-hybridized carbons (Fsp3) is 0.500. The van der Waals surface area contributed by atoms with Crippen LogP contribution >= 0.6 is 11.6 Å². The van der Waals surface area contributed by atoms with Crippen molar-refractivity contribution in [3.8, 4) is 0 Å². The molecule has 1 saturated carbocycles. The van der Waals surface area contributed by atoms with Gasteiger partial charge in [0, 0.05) is 29.6 Å². The number of nitrogens with one attached hydrogen (secondary N) is 1. The minimum atomic E-state index is -0.504. The van der Waals surface area contributed by atoms with Crippen molar-refractivity contribution in [3.05, 3.63) is 39.9 Å². The first-order chi connectivity index (χ1) is 9.56. The maximum absolute atomic E-state index is 12.0. The molecule has 0 spiro atoms. The van der Waals surface area contributed by atoms with Crippen LogP contribution in [0.3, 0.4) is 0 Å². The molecule has 108 valence electrons. The molecule has 1 N–H and O–H groups in total. The summed E-state index contributed by atoms with van der Waals surface area (Å²) >= 11 is 6.11. The number of nitrogens with zero attached hydrogens (tertiary/aromatic N) is 1. The van der Waals surface area contributed by atoms with Crippen molar-refractivity contribution in [1.29, 1.82) is 0 Å². The Hall–Kier alpha value is -1.62. The lowest BCUT2D eigenvalue weighted by Gasteiger charge is -2.25. The van der Waals surface area contributed by atoms with Gasteiger partial charge in [-0.05, 0) is 31.2 Å². The topological polar surface area (TPSA) is 72.2 Å². The molecule has 1 aromatic carbocycles. The molecule has 2 rings (SSSR count). The second-order valence-corrected chi connectivity index (χ2v) is 5.76. The van der Waals surface area contributed by atoms with E-state index in [4.69, 9.17) is 11.6 Å². The summed E-state index contributed by atoms with van der Waals surface area (Å²) in [6.07, 6.45) is 4.11. The predicted molar refractivity (Wildman–Crippen MR) is 77.0 cm³/mol. The fourth-order valence-corrected chi connectivity index (χ4v) is 2.92. The number of nitro groups is 1. The molecule has 1 fully saturated rings. The zero-order valence-corrected chi connectivity index (χ0v) is 11.8. The van der Waals surface area contributed by atoms with Gasteiger partial charge in [-0.1, -0.05) is 12.5 Å². The summed E-state index contributed by atoms with van der Waals surface area (Å²) < 4.78 is 0. The van der Waals surface area contributed by atoms with E-state index in [0.29, 0.717) is 18.0 Å². The Morgan fingerprint density at radius 2 is 2.25 bits per heavy atom. The lowest BCUT2D eigenvalue weighted by Crippen LogP contribution is -2.32. The van der Waals surface area contributed by atoms with E-state index in [9.17, 15) is 14.9 Å². The highest BCUT2D eigenvalue weighted by Gasteiger charge is 2.21. The number of nitro benzene ring substituents is 1. The standard InChI is InChI=1S/C14H17ClN2O3/c15-12-5-1-3-10(7-12)9-16-14(18)11-4-2-6-13(8-11)17(19)20/h2,4,6,8,10,12H,1,3,5,7,9H2,(H,16,18). The number of hydrogen-bond donors (Lipinski definition) is 1. The number of carbonyl (C=O) groups excluding carboxylic acids is 1. The molecule has 5 nitrogen and oxygen atoms in total. The number of benzene rings is 1. The van der Waals surface area contributed by atoms with E-state index in [-0.39, 0.29) is 17.0 Å². The smallest absolute Gasteiger partial charge is 0.270 e. The summed E-state index contributed by atoms with van der Waals surface area (Å²) in [5.74, 6) is 0.124. The van der Waals surface area contributed by atoms with Gasteiger partial charge in [-0.15, -0.1) is 11.6 Å². The van der Waals surface area contributed by atoms with Gasteiger partial charge in [0.25, 0.3) is 11.6 Å². The minimum Gasteiger partial charge on any atom is -0.352 e. The van der Waals surface area contributed by atoms with Crippen LogP contribution in [0, 0.1) is 16.0 Å². The molecule has 0 radical (unpaired) electrons. The number of hydrogen-bond acceptors (Lipinski definition) is 3. The molecule has 0 saturated heterocycles. The molecule has 0 bridgehead atoms. The Morgan fingerprint density at radius 1 is 1.45 bits per heavy atom. The molecule has 2 unspecified atom stereocenters. The lowest BCUT2D eigenvalue weighted by molar-refractivity contribution is -0.384. The first-order valence-corrected chi connectivity index (χ1v) is 7.16. The van der Waals surface area contributed by atoms with Crippen LogP contribution in [-0.4, -0.2) is 22.8 Å². The summed E-state index contributed by atoms with van der Waals surface area (Å²) in [5, 5.41) is 13.7. The Kier molecular flexibility index (Phi) is 4.95. The first-order valence-electron chi connectivity index (χ1n) is 6.73. The third-order valence-electron chi connectivity index (χ3n) is 3.59. The molecule has 6 heteroatoms. The normalized spacial score (nSPS) is 22.2. The number of amides is 1. The van der Waals surface area contributed by atoms with Crippen molar-refractivity contribution >= 4 is 23.2 Å². The molecule has 20 heavy (non-hydrogen) atoms. The van der Waals surface area contributed by atoms with Crippen LogP contribution in [0.15, 0.2) is 24.3 Å². The minimum absolute atomic E-state index is 0.0730. The molecule has 0 aliphatic heterocycles. The van der Waals surface area contributed by atoms with E-state index in [2.05, 4.69) is 5.32 Å².